The van der Waals surface area contributed by atoms with Gasteiger partial charge in [0, 0.05) is 30.5 Å². The lowest BCUT2D eigenvalue weighted by Gasteiger charge is -2.20. The van der Waals surface area contributed by atoms with Crippen molar-refractivity contribution in [3.05, 3.63) is 36.0 Å². The normalized spacial score (nSPS) is 11.6. The number of carboxylic acid groups (broad SMARTS) is 2. The maximum atomic E-state index is 9.55. The molecule has 0 bridgehead atoms. The number of nitrogens with one attached hydrogen (secondary N) is 1. The molecule has 9 heteroatoms. The number of anilines is 1. The fourth-order valence-electron chi connectivity index (χ4n) is 3.27. The van der Waals surface area contributed by atoms with Crippen LogP contribution >= 0.6 is 0 Å². The molecule has 34 heavy (non-hydrogen) atoms. The van der Waals surface area contributed by atoms with Crippen LogP contribution in [0.4, 0.5) is 5.69 Å². The molecular formula is C25H37N3O6. The average Bonchev–Trinajstić information content (AvgIpc) is 2.80. The van der Waals surface area contributed by atoms with Crippen molar-refractivity contribution in [2.45, 2.75) is 58.9 Å². The van der Waals surface area contributed by atoms with Crippen LogP contribution in [0.5, 0.6) is 11.5 Å². The van der Waals surface area contributed by atoms with Gasteiger partial charge in [-0.2, -0.15) is 0 Å². The summed E-state index contributed by atoms with van der Waals surface area (Å²) in [5.74, 6) is -0.970. The Kier molecular flexibility index (Phi) is 13.1. The minimum absolute atomic E-state index is 0.310. The molecule has 0 fully saturated rings. The van der Waals surface area contributed by atoms with E-state index in [4.69, 9.17) is 25.4 Å². The number of aromatic nitrogens is 1. The highest BCUT2D eigenvalue weighted by Crippen LogP contribution is 2.41. The zero-order chi connectivity index (χ0) is 25.5. The second-order valence-corrected chi connectivity index (χ2v) is 7.85. The molecule has 0 radical (unpaired) electrons. The fourth-order valence-corrected chi connectivity index (χ4v) is 3.27. The van der Waals surface area contributed by atoms with E-state index in [1.807, 2.05) is 18.3 Å². The Morgan fingerprint density at radius 1 is 1.21 bits per heavy atom. The van der Waals surface area contributed by atoms with E-state index in [9.17, 15) is 9.59 Å². The molecule has 5 N–H and O–H groups in total. The minimum Gasteiger partial charge on any atom is -0.493 e. The number of benzene rings is 1. The molecule has 1 heterocycles. The minimum atomic E-state index is -1.26. The number of unbranched alkanes of at least 4 members (excludes halogenated alkanes) is 2. The predicted octanol–water partition coefficient (Wildman–Crippen LogP) is 4.37. The van der Waals surface area contributed by atoms with Gasteiger partial charge < -0.3 is 30.7 Å². The highest BCUT2D eigenvalue weighted by atomic mass is 16.5. The van der Waals surface area contributed by atoms with Crippen molar-refractivity contribution >= 4 is 28.5 Å². The molecule has 0 aliphatic heterocycles. The third-order valence-corrected chi connectivity index (χ3v) is 4.97. The van der Waals surface area contributed by atoms with Crippen LogP contribution in [0.1, 0.15) is 51.5 Å². The number of methoxy groups -OCH3 is 1. The van der Waals surface area contributed by atoms with Crippen LogP contribution in [0.25, 0.3) is 10.9 Å². The third-order valence-electron chi connectivity index (χ3n) is 4.97. The Bertz CT molecular complexity index is 945. The first-order valence-corrected chi connectivity index (χ1v) is 11.4. The number of ether oxygens (including phenoxy) is 2. The summed E-state index contributed by atoms with van der Waals surface area (Å²) in [7, 11) is 1.69. The average molecular weight is 476 g/mol. The molecule has 188 valence electrons. The van der Waals surface area contributed by atoms with Crippen LogP contribution in [-0.2, 0) is 9.59 Å². The second-order valence-electron chi connectivity index (χ2n) is 7.85. The third kappa shape index (κ3) is 9.66. The summed E-state index contributed by atoms with van der Waals surface area (Å²) in [6, 6.07) is 4.33. The second kappa shape index (κ2) is 15.5. The molecule has 0 spiro atoms. The Morgan fingerprint density at radius 3 is 2.44 bits per heavy atom. The zero-order valence-electron chi connectivity index (χ0n) is 20.5. The maximum Gasteiger partial charge on any atom is 0.328 e. The van der Waals surface area contributed by atoms with E-state index in [-0.39, 0.29) is 0 Å². The number of rotatable bonds is 13. The first-order valence-electron chi connectivity index (χ1n) is 11.4. The van der Waals surface area contributed by atoms with Gasteiger partial charge >= 0.3 is 11.9 Å². The number of nitrogens with two attached hydrogens (primary N) is 1. The molecule has 1 unspecified atom stereocenters. The summed E-state index contributed by atoms with van der Waals surface area (Å²) in [6.45, 7) is 7.84. The summed E-state index contributed by atoms with van der Waals surface area (Å²) < 4.78 is 11.8. The Morgan fingerprint density at radius 2 is 1.88 bits per heavy atom. The van der Waals surface area contributed by atoms with Gasteiger partial charge in [-0.3, -0.25) is 4.98 Å². The molecule has 0 aliphatic carbocycles. The summed E-state index contributed by atoms with van der Waals surface area (Å²) in [5, 5.41) is 20.2. The lowest BCUT2D eigenvalue weighted by atomic mass is 10.1. The Balaban J connectivity index is 0.000000620. The Hall–Kier alpha value is -3.33. The van der Waals surface area contributed by atoms with Crippen LogP contribution in [-0.4, -0.2) is 53.4 Å². The molecule has 2 rings (SSSR count). The number of nitrogens with zero attached hydrogens (tertiary/aromatic N) is 1. The molecule has 0 aliphatic rings. The van der Waals surface area contributed by atoms with Crippen molar-refractivity contribution in [2.24, 2.45) is 5.73 Å². The number of pyridine rings is 1. The molecule has 0 saturated carbocycles. The van der Waals surface area contributed by atoms with Crippen LogP contribution in [0.2, 0.25) is 0 Å². The van der Waals surface area contributed by atoms with Crippen molar-refractivity contribution in [3.63, 3.8) is 0 Å². The number of hydrogen-bond donors (Lipinski definition) is 4. The number of fused-ring (bicyclic) bond motifs is 1. The number of hydrogen-bond acceptors (Lipinski definition) is 7. The first kappa shape index (κ1) is 28.7. The van der Waals surface area contributed by atoms with Crippen LogP contribution in [0.15, 0.2) is 30.5 Å². The van der Waals surface area contributed by atoms with E-state index in [2.05, 4.69) is 31.1 Å². The van der Waals surface area contributed by atoms with Gasteiger partial charge in [-0.05, 0) is 51.3 Å². The van der Waals surface area contributed by atoms with E-state index in [1.165, 1.54) is 6.42 Å². The van der Waals surface area contributed by atoms with Gasteiger partial charge in [0.2, 0.25) is 0 Å². The Labute approximate surface area is 201 Å². The molecule has 0 saturated heterocycles. The van der Waals surface area contributed by atoms with Gasteiger partial charge in [0.25, 0.3) is 0 Å². The summed E-state index contributed by atoms with van der Waals surface area (Å²) in [4.78, 5) is 23.7. The van der Waals surface area contributed by atoms with Crippen LogP contribution in [0.3, 0.4) is 0 Å². The van der Waals surface area contributed by atoms with Crippen molar-refractivity contribution < 1.29 is 29.3 Å². The fraction of sp³-hybridized carbons (Fsp3) is 0.480. The monoisotopic (exact) mass is 475 g/mol. The SMILES string of the molecule is CCCCCOc1c(OC)cc(NC(C)CCCN)c2nccc(C)c12.O=C(O)/C=C/C(=O)O. The standard InChI is InChI=1S/C21H33N3O2.C4H4O4/c1-5-6-7-13-26-21-18(25-4)14-17(24-16(3)9-8-11-22)20-19(21)15(2)10-12-23-20;5-3(6)1-2-4(7)8/h10,12,14,16,24H,5-9,11,13,22H2,1-4H3;1-2H,(H,5,6)(H,7,8)/b;2-1+. The van der Waals surface area contributed by atoms with E-state index in [0.717, 1.165) is 59.3 Å². The lowest BCUT2D eigenvalue weighted by molar-refractivity contribution is -0.134. The van der Waals surface area contributed by atoms with E-state index >= 15 is 0 Å². The molecule has 0 amide bonds. The number of carboxylic acids is 2. The molecule has 1 aromatic carbocycles. The predicted molar refractivity (Wildman–Crippen MR) is 134 cm³/mol. The first-order chi connectivity index (χ1) is 16.2. The van der Waals surface area contributed by atoms with Gasteiger partial charge in [-0.15, -0.1) is 0 Å². The van der Waals surface area contributed by atoms with E-state index in [0.29, 0.717) is 31.3 Å². The quantitative estimate of drug-likeness (QED) is 0.245. The zero-order valence-corrected chi connectivity index (χ0v) is 20.5. The number of aryl methyl sites for hydroxylation is 1. The summed E-state index contributed by atoms with van der Waals surface area (Å²) in [5.41, 5.74) is 8.68. The molecule has 9 nitrogen and oxygen atoms in total. The van der Waals surface area contributed by atoms with E-state index in [1.54, 1.807) is 7.11 Å². The summed E-state index contributed by atoms with van der Waals surface area (Å²) >= 11 is 0. The number of aliphatic carboxylic acids is 2. The highest BCUT2D eigenvalue weighted by Gasteiger charge is 2.18. The maximum absolute atomic E-state index is 9.55. The molecular weight excluding hydrogens is 438 g/mol. The lowest BCUT2D eigenvalue weighted by Crippen LogP contribution is -2.17. The molecule has 1 atom stereocenters. The van der Waals surface area contributed by atoms with E-state index < -0.39 is 11.9 Å². The van der Waals surface area contributed by atoms with Gasteiger partial charge in [0.1, 0.15) is 0 Å². The van der Waals surface area contributed by atoms with Crippen LogP contribution in [0, 0.1) is 6.92 Å². The van der Waals surface area contributed by atoms with Crippen molar-refractivity contribution in [1.29, 1.82) is 0 Å². The van der Waals surface area contributed by atoms with Gasteiger partial charge in [-0.25, -0.2) is 9.59 Å². The molecule has 1 aromatic heterocycles. The molecule has 2 aromatic rings. The van der Waals surface area contributed by atoms with Gasteiger partial charge in [0.05, 0.1) is 30.3 Å². The van der Waals surface area contributed by atoms with Crippen molar-refractivity contribution in [2.75, 3.05) is 25.6 Å². The number of carbonyl (C=O) groups is 2. The smallest absolute Gasteiger partial charge is 0.328 e. The summed E-state index contributed by atoms with van der Waals surface area (Å²) in [6.07, 6.45) is 8.35. The van der Waals surface area contributed by atoms with Crippen LogP contribution < -0.4 is 20.5 Å². The topological polar surface area (TPSA) is 144 Å². The van der Waals surface area contributed by atoms with Gasteiger partial charge in [-0.1, -0.05) is 19.8 Å². The highest BCUT2D eigenvalue weighted by molar-refractivity contribution is 5.99. The van der Waals surface area contributed by atoms with Crippen molar-refractivity contribution in [1.82, 2.24) is 4.98 Å². The van der Waals surface area contributed by atoms with Crippen molar-refractivity contribution in [3.8, 4) is 11.5 Å². The van der Waals surface area contributed by atoms with Gasteiger partial charge in [0.15, 0.2) is 11.5 Å². The largest absolute Gasteiger partial charge is 0.493 e.